The highest BCUT2D eigenvalue weighted by atomic mass is 79.9. The maximum Gasteiger partial charge on any atom is 0.261 e. The molecular formula is C6H4BrNO3. The zero-order chi connectivity index (χ0) is 8.43. The lowest BCUT2D eigenvalue weighted by Gasteiger charge is -1.91. The van der Waals surface area contributed by atoms with Gasteiger partial charge in [0.2, 0.25) is 0 Å². The molecule has 0 saturated heterocycles. The number of nitrogens with one attached hydrogen (secondary N) is 1. The molecule has 0 aromatic heterocycles. The molecular weight excluding hydrogens is 214 g/mol. The maximum atomic E-state index is 10.8. The van der Waals surface area contributed by atoms with Gasteiger partial charge in [-0.3, -0.25) is 19.7 Å². The number of rotatable bonds is 2. The Balaban J connectivity index is 2.88. The van der Waals surface area contributed by atoms with Crippen LogP contribution in [0.15, 0.2) is 11.6 Å². The zero-order valence-corrected chi connectivity index (χ0v) is 6.97. The van der Waals surface area contributed by atoms with Crippen LogP contribution in [0.3, 0.4) is 0 Å². The van der Waals surface area contributed by atoms with Gasteiger partial charge in [-0.15, -0.1) is 0 Å². The maximum absolute atomic E-state index is 10.8. The van der Waals surface area contributed by atoms with Crippen LogP contribution in [0, 0.1) is 0 Å². The lowest BCUT2D eigenvalue weighted by atomic mass is 10.2. The van der Waals surface area contributed by atoms with E-state index in [1.807, 2.05) is 5.32 Å². The smallest absolute Gasteiger partial charge is 0.261 e. The van der Waals surface area contributed by atoms with Gasteiger partial charge < -0.3 is 0 Å². The predicted molar refractivity (Wildman–Crippen MR) is 40.0 cm³/mol. The minimum atomic E-state index is -0.612. The SMILES string of the molecule is O=C1C=C(C(=O)CBr)C(=O)N1. The molecule has 0 unspecified atom stereocenters. The highest BCUT2D eigenvalue weighted by Crippen LogP contribution is 2.04. The van der Waals surface area contributed by atoms with Crippen LogP contribution >= 0.6 is 15.9 Å². The van der Waals surface area contributed by atoms with Crippen LogP contribution < -0.4 is 5.32 Å². The van der Waals surface area contributed by atoms with Crippen molar-refractivity contribution in [2.45, 2.75) is 0 Å². The van der Waals surface area contributed by atoms with Crippen molar-refractivity contribution < 1.29 is 14.4 Å². The Labute approximate surface area is 70.8 Å². The lowest BCUT2D eigenvalue weighted by molar-refractivity contribution is -0.124. The van der Waals surface area contributed by atoms with Crippen molar-refractivity contribution in [1.29, 1.82) is 0 Å². The normalized spacial score (nSPS) is 16.3. The van der Waals surface area contributed by atoms with E-state index in [2.05, 4.69) is 15.9 Å². The van der Waals surface area contributed by atoms with Gasteiger partial charge in [0.1, 0.15) is 0 Å². The summed E-state index contributed by atoms with van der Waals surface area (Å²) in [6.07, 6.45) is 1.01. The van der Waals surface area contributed by atoms with Crippen molar-refractivity contribution in [3.8, 4) is 0 Å². The summed E-state index contributed by atoms with van der Waals surface area (Å²) in [6, 6.07) is 0. The topological polar surface area (TPSA) is 63.2 Å². The van der Waals surface area contributed by atoms with E-state index in [1.165, 1.54) is 0 Å². The van der Waals surface area contributed by atoms with Crippen LogP contribution in [-0.4, -0.2) is 22.9 Å². The summed E-state index contributed by atoms with van der Waals surface area (Å²) in [6.45, 7) is 0. The van der Waals surface area contributed by atoms with Crippen LogP contribution in [0.5, 0.6) is 0 Å². The van der Waals surface area contributed by atoms with Gasteiger partial charge in [-0.2, -0.15) is 0 Å². The molecule has 0 atom stereocenters. The fraction of sp³-hybridized carbons (Fsp3) is 0.167. The van der Waals surface area contributed by atoms with E-state index in [-0.39, 0.29) is 16.7 Å². The number of halogens is 1. The number of hydrogen-bond donors (Lipinski definition) is 1. The summed E-state index contributed by atoms with van der Waals surface area (Å²) in [7, 11) is 0. The van der Waals surface area contributed by atoms with Crippen LogP contribution in [0.1, 0.15) is 0 Å². The van der Waals surface area contributed by atoms with E-state index in [1.54, 1.807) is 0 Å². The molecule has 1 rings (SSSR count). The van der Waals surface area contributed by atoms with E-state index < -0.39 is 11.8 Å². The first-order valence-corrected chi connectivity index (χ1v) is 3.93. The Hall–Kier alpha value is -0.970. The standard InChI is InChI=1S/C6H4BrNO3/c7-2-4(9)3-1-5(10)8-6(3)11/h1H,2H2,(H,8,10,11). The number of hydrogen-bond acceptors (Lipinski definition) is 3. The van der Waals surface area contributed by atoms with Gasteiger partial charge in [-0.25, -0.2) is 0 Å². The van der Waals surface area contributed by atoms with Gasteiger partial charge in [0, 0.05) is 6.08 Å². The molecule has 0 aromatic carbocycles. The molecule has 58 valence electrons. The van der Waals surface area contributed by atoms with Gasteiger partial charge in [-0.05, 0) is 0 Å². The second-order valence-electron chi connectivity index (χ2n) is 1.93. The quantitative estimate of drug-likeness (QED) is 0.387. The predicted octanol–water partition coefficient (Wildman–Crippen LogP) is -0.467. The average molecular weight is 218 g/mol. The molecule has 0 aliphatic carbocycles. The van der Waals surface area contributed by atoms with Gasteiger partial charge >= 0.3 is 0 Å². The van der Waals surface area contributed by atoms with E-state index in [0.29, 0.717) is 0 Å². The molecule has 0 aromatic rings. The number of alkyl halides is 1. The van der Waals surface area contributed by atoms with Crippen LogP contribution in [0.25, 0.3) is 0 Å². The molecule has 11 heavy (non-hydrogen) atoms. The third kappa shape index (κ3) is 1.54. The fourth-order valence-corrected chi connectivity index (χ4v) is 0.993. The van der Waals surface area contributed by atoms with Crippen molar-refractivity contribution in [3.05, 3.63) is 11.6 Å². The number of amides is 2. The van der Waals surface area contributed by atoms with E-state index in [0.717, 1.165) is 6.08 Å². The van der Waals surface area contributed by atoms with E-state index >= 15 is 0 Å². The zero-order valence-electron chi connectivity index (χ0n) is 5.39. The molecule has 0 saturated carbocycles. The van der Waals surface area contributed by atoms with Crippen molar-refractivity contribution in [2.24, 2.45) is 0 Å². The largest absolute Gasteiger partial charge is 0.293 e. The van der Waals surface area contributed by atoms with Gasteiger partial charge in [0.25, 0.3) is 11.8 Å². The molecule has 1 N–H and O–H groups in total. The third-order valence-corrected chi connectivity index (χ3v) is 1.69. The molecule has 0 radical (unpaired) electrons. The second-order valence-corrected chi connectivity index (χ2v) is 2.49. The summed E-state index contributed by atoms with van der Waals surface area (Å²) in [4.78, 5) is 32.1. The fourth-order valence-electron chi connectivity index (χ4n) is 0.691. The number of Topliss-reactive ketones (excluding diaryl/α,β-unsaturated/α-hetero) is 1. The first kappa shape index (κ1) is 8.13. The molecule has 1 aliphatic rings. The average Bonchev–Trinajstić information content (AvgIpc) is 2.28. The highest BCUT2D eigenvalue weighted by molar-refractivity contribution is 9.09. The summed E-state index contributed by atoms with van der Waals surface area (Å²) >= 11 is 2.89. The minimum Gasteiger partial charge on any atom is -0.293 e. The Kier molecular flexibility index (Phi) is 2.19. The Morgan fingerprint density at radius 3 is 2.55 bits per heavy atom. The molecule has 1 aliphatic heterocycles. The highest BCUT2D eigenvalue weighted by Gasteiger charge is 2.25. The Bertz CT molecular complexity index is 269. The summed E-state index contributed by atoms with van der Waals surface area (Å²) in [5.41, 5.74) is -0.0770. The summed E-state index contributed by atoms with van der Waals surface area (Å²) in [5.74, 6) is -1.52. The Morgan fingerprint density at radius 1 is 1.55 bits per heavy atom. The van der Waals surface area contributed by atoms with E-state index in [4.69, 9.17) is 0 Å². The first-order chi connectivity index (χ1) is 5.15. The van der Waals surface area contributed by atoms with Crippen molar-refractivity contribution in [1.82, 2.24) is 5.32 Å². The molecule has 2 amide bonds. The van der Waals surface area contributed by atoms with E-state index in [9.17, 15) is 14.4 Å². The first-order valence-electron chi connectivity index (χ1n) is 2.81. The van der Waals surface area contributed by atoms with Crippen molar-refractivity contribution in [3.63, 3.8) is 0 Å². The number of ketones is 1. The van der Waals surface area contributed by atoms with Crippen molar-refractivity contribution in [2.75, 3.05) is 5.33 Å². The van der Waals surface area contributed by atoms with Crippen LogP contribution in [0.2, 0.25) is 0 Å². The Morgan fingerprint density at radius 2 is 2.18 bits per heavy atom. The molecule has 5 heteroatoms. The summed E-state index contributed by atoms with van der Waals surface area (Å²) < 4.78 is 0. The number of imide groups is 1. The van der Waals surface area contributed by atoms with Gasteiger partial charge in [0.15, 0.2) is 5.78 Å². The molecule has 4 nitrogen and oxygen atoms in total. The molecule has 1 heterocycles. The molecule has 0 fully saturated rings. The minimum absolute atomic E-state index is 0.0551. The molecule has 0 bridgehead atoms. The lowest BCUT2D eigenvalue weighted by Crippen LogP contribution is -2.24. The van der Waals surface area contributed by atoms with Crippen molar-refractivity contribution >= 4 is 33.5 Å². The second kappa shape index (κ2) is 2.96. The molecule has 0 spiro atoms. The number of carbonyl (C=O) groups excluding carboxylic acids is 3. The van der Waals surface area contributed by atoms with Gasteiger partial charge in [0.05, 0.1) is 10.9 Å². The third-order valence-electron chi connectivity index (χ3n) is 1.18. The van der Waals surface area contributed by atoms with Crippen LogP contribution in [0.4, 0.5) is 0 Å². The summed E-state index contributed by atoms with van der Waals surface area (Å²) in [5, 5.41) is 2.03. The van der Waals surface area contributed by atoms with Crippen LogP contribution in [-0.2, 0) is 14.4 Å². The monoisotopic (exact) mass is 217 g/mol. The van der Waals surface area contributed by atoms with Gasteiger partial charge in [-0.1, -0.05) is 15.9 Å². The number of carbonyl (C=O) groups is 3.